The first kappa shape index (κ1) is 14.7. The molecule has 0 saturated heterocycles. The molecule has 1 amide bonds. The third-order valence-corrected chi connectivity index (χ3v) is 3.29. The van der Waals surface area contributed by atoms with Crippen molar-refractivity contribution in [3.63, 3.8) is 0 Å². The topological polar surface area (TPSA) is 38.3 Å². The second-order valence-electron chi connectivity index (χ2n) is 4.88. The fraction of sp³-hybridized carbons (Fsp3) is 0.500. The Kier molecular flexibility index (Phi) is 4.52. The summed E-state index contributed by atoms with van der Waals surface area (Å²) < 4.78 is 39.8. The highest BCUT2D eigenvalue weighted by molar-refractivity contribution is 5.94. The zero-order valence-electron chi connectivity index (χ0n) is 10.9. The van der Waals surface area contributed by atoms with E-state index in [1.165, 1.54) is 18.6 Å². The molecule has 110 valence electrons. The van der Waals surface area contributed by atoms with Crippen molar-refractivity contribution in [1.82, 2.24) is 5.32 Å². The van der Waals surface area contributed by atoms with Gasteiger partial charge in [-0.3, -0.25) is 4.79 Å². The summed E-state index contributed by atoms with van der Waals surface area (Å²) in [6.07, 6.45) is 0.594. The normalized spacial score (nSPS) is 16.8. The first-order valence-electron chi connectivity index (χ1n) is 6.61. The van der Waals surface area contributed by atoms with E-state index in [0.717, 1.165) is 37.8 Å². The van der Waals surface area contributed by atoms with Gasteiger partial charge in [-0.05, 0) is 37.1 Å². The highest BCUT2D eigenvalue weighted by Gasteiger charge is 2.31. The minimum atomic E-state index is -4.72. The number of alkyl halides is 3. The highest BCUT2D eigenvalue weighted by Crippen LogP contribution is 2.23. The van der Waals surface area contributed by atoms with E-state index >= 15 is 0 Å². The van der Waals surface area contributed by atoms with Crippen LogP contribution in [0.2, 0.25) is 0 Å². The van der Waals surface area contributed by atoms with Crippen LogP contribution >= 0.6 is 0 Å². The van der Waals surface area contributed by atoms with Crippen LogP contribution in [0.4, 0.5) is 13.2 Å². The maximum atomic E-state index is 12.0. The van der Waals surface area contributed by atoms with Crippen molar-refractivity contribution in [2.75, 3.05) is 0 Å². The zero-order valence-corrected chi connectivity index (χ0v) is 10.9. The molecule has 3 nitrogen and oxygen atoms in total. The predicted octanol–water partition coefficient (Wildman–Crippen LogP) is 3.65. The van der Waals surface area contributed by atoms with Crippen LogP contribution in [0.15, 0.2) is 24.3 Å². The minimum Gasteiger partial charge on any atom is -0.406 e. The largest absolute Gasteiger partial charge is 0.573 e. The summed E-state index contributed by atoms with van der Waals surface area (Å²) in [5, 5.41) is 2.90. The number of nitrogens with one attached hydrogen (secondary N) is 1. The Hall–Kier alpha value is -1.72. The van der Waals surface area contributed by atoms with Crippen molar-refractivity contribution < 1.29 is 22.7 Å². The van der Waals surface area contributed by atoms with Gasteiger partial charge >= 0.3 is 6.36 Å². The Labute approximate surface area is 115 Å². The van der Waals surface area contributed by atoms with E-state index in [2.05, 4.69) is 10.1 Å². The molecule has 0 spiro atoms. The summed E-state index contributed by atoms with van der Waals surface area (Å²) in [7, 11) is 0. The molecule has 1 saturated carbocycles. The van der Waals surface area contributed by atoms with E-state index in [1.54, 1.807) is 0 Å². The molecule has 0 heterocycles. The van der Waals surface area contributed by atoms with Crippen molar-refractivity contribution in [2.24, 2.45) is 0 Å². The molecule has 6 heteroatoms. The highest BCUT2D eigenvalue weighted by atomic mass is 19.4. The lowest BCUT2D eigenvalue weighted by Gasteiger charge is -2.22. The summed E-state index contributed by atoms with van der Waals surface area (Å²) in [5.41, 5.74) is 0.338. The smallest absolute Gasteiger partial charge is 0.406 e. The quantitative estimate of drug-likeness (QED) is 0.921. The number of carbonyl (C=O) groups excluding carboxylic acids is 1. The van der Waals surface area contributed by atoms with Gasteiger partial charge in [-0.25, -0.2) is 0 Å². The van der Waals surface area contributed by atoms with Crippen molar-refractivity contribution in [3.05, 3.63) is 29.8 Å². The van der Waals surface area contributed by atoms with Gasteiger partial charge < -0.3 is 10.1 Å². The Morgan fingerprint density at radius 2 is 1.70 bits per heavy atom. The summed E-state index contributed by atoms with van der Waals surface area (Å²) >= 11 is 0. The maximum Gasteiger partial charge on any atom is 0.573 e. The van der Waals surface area contributed by atoms with Gasteiger partial charge in [-0.15, -0.1) is 13.2 Å². The minimum absolute atomic E-state index is 0.169. The van der Waals surface area contributed by atoms with Crippen LogP contribution in [-0.4, -0.2) is 18.3 Å². The Balaban J connectivity index is 1.93. The number of benzene rings is 1. The Morgan fingerprint density at radius 3 is 2.25 bits per heavy atom. The average Bonchev–Trinajstić information content (AvgIpc) is 2.39. The maximum absolute atomic E-state index is 12.0. The second kappa shape index (κ2) is 6.15. The monoisotopic (exact) mass is 287 g/mol. The molecule has 0 unspecified atom stereocenters. The van der Waals surface area contributed by atoms with Gasteiger partial charge in [-0.2, -0.15) is 0 Å². The molecule has 0 atom stereocenters. The van der Waals surface area contributed by atoms with E-state index in [4.69, 9.17) is 0 Å². The fourth-order valence-corrected chi connectivity index (χ4v) is 2.32. The van der Waals surface area contributed by atoms with Crippen LogP contribution in [0, 0.1) is 0 Å². The van der Waals surface area contributed by atoms with Gasteiger partial charge in [0.2, 0.25) is 0 Å². The summed E-state index contributed by atoms with van der Waals surface area (Å²) in [6.45, 7) is 0. The van der Waals surface area contributed by atoms with E-state index in [0.29, 0.717) is 5.56 Å². The molecule has 0 aliphatic heterocycles. The number of carbonyl (C=O) groups is 1. The molecule has 1 N–H and O–H groups in total. The molecule has 1 aliphatic carbocycles. The van der Waals surface area contributed by atoms with E-state index < -0.39 is 6.36 Å². The Morgan fingerprint density at radius 1 is 1.10 bits per heavy atom. The number of hydrogen-bond donors (Lipinski definition) is 1. The van der Waals surface area contributed by atoms with E-state index in [9.17, 15) is 18.0 Å². The van der Waals surface area contributed by atoms with Gasteiger partial charge in [-0.1, -0.05) is 19.3 Å². The van der Waals surface area contributed by atoms with Crippen LogP contribution in [0.5, 0.6) is 5.75 Å². The molecule has 0 aromatic heterocycles. The van der Waals surface area contributed by atoms with Crippen molar-refractivity contribution in [3.8, 4) is 5.75 Å². The van der Waals surface area contributed by atoms with Gasteiger partial charge in [0.1, 0.15) is 5.75 Å². The zero-order chi connectivity index (χ0) is 14.6. The van der Waals surface area contributed by atoms with Gasteiger partial charge in [0, 0.05) is 11.6 Å². The molecule has 1 aromatic carbocycles. The lowest BCUT2D eigenvalue weighted by molar-refractivity contribution is -0.274. The van der Waals surface area contributed by atoms with Crippen molar-refractivity contribution in [2.45, 2.75) is 44.5 Å². The predicted molar refractivity (Wildman–Crippen MR) is 67.5 cm³/mol. The van der Waals surface area contributed by atoms with Crippen LogP contribution in [0.1, 0.15) is 42.5 Å². The molecular weight excluding hydrogens is 271 g/mol. The lowest BCUT2D eigenvalue weighted by Crippen LogP contribution is -2.36. The van der Waals surface area contributed by atoms with Crippen LogP contribution < -0.4 is 10.1 Å². The first-order valence-corrected chi connectivity index (χ1v) is 6.61. The van der Waals surface area contributed by atoms with Crippen molar-refractivity contribution in [1.29, 1.82) is 0 Å². The van der Waals surface area contributed by atoms with Gasteiger partial charge in [0.15, 0.2) is 0 Å². The van der Waals surface area contributed by atoms with Crippen LogP contribution in [0.3, 0.4) is 0 Å². The SMILES string of the molecule is O=C(NC1CCCCC1)c1ccc(OC(F)(F)F)cc1. The lowest BCUT2D eigenvalue weighted by atomic mass is 9.95. The number of amides is 1. The molecule has 20 heavy (non-hydrogen) atoms. The van der Waals surface area contributed by atoms with Gasteiger partial charge in [0.05, 0.1) is 0 Å². The summed E-state index contributed by atoms with van der Waals surface area (Å²) in [4.78, 5) is 11.9. The number of hydrogen-bond acceptors (Lipinski definition) is 2. The molecule has 1 fully saturated rings. The first-order chi connectivity index (χ1) is 9.44. The Bertz CT molecular complexity index is 450. The fourth-order valence-electron chi connectivity index (χ4n) is 2.32. The molecule has 1 aliphatic rings. The summed E-state index contributed by atoms with van der Waals surface area (Å²) in [6, 6.07) is 5.12. The molecule has 0 radical (unpaired) electrons. The standard InChI is InChI=1S/C14H16F3NO2/c15-14(16,17)20-12-8-6-10(7-9-12)13(19)18-11-4-2-1-3-5-11/h6-9,11H,1-5H2,(H,18,19). The number of halogens is 3. The molecule has 1 aromatic rings. The van der Waals surface area contributed by atoms with Crippen molar-refractivity contribution >= 4 is 5.91 Å². The third kappa shape index (κ3) is 4.43. The van der Waals surface area contributed by atoms with E-state index in [-0.39, 0.29) is 17.7 Å². The van der Waals surface area contributed by atoms with Crippen LogP contribution in [-0.2, 0) is 0 Å². The summed E-state index contributed by atoms with van der Waals surface area (Å²) in [5.74, 6) is -0.581. The average molecular weight is 287 g/mol. The number of ether oxygens (including phenoxy) is 1. The van der Waals surface area contributed by atoms with E-state index in [1.807, 2.05) is 0 Å². The second-order valence-corrected chi connectivity index (χ2v) is 4.88. The number of rotatable bonds is 3. The van der Waals surface area contributed by atoms with Crippen LogP contribution in [0.25, 0.3) is 0 Å². The third-order valence-electron chi connectivity index (χ3n) is 3.29. The molecular formula is C14H16F3NO2. The molecule has 0 bridgehead atoms. The van der Waals surface area contributed by atoms with Gasteiger partial charge in [0.25, 0.3) is 5.91 Å². The molecule has 2 rings (SSSR count).